The predicted molar refractivity (Wildman–Crippen MR) is 231 cm³/mol. The number of nitrogens with zero attached hydrogens (tertiary/aromatic N) is 3. The number of rotatable bonds is 5. The van der Waals surface area contributed by atoms with Crippen molar-refractivity contribution in [1.29, 1.82) is 0 Å². The quantitative estimate of drug-likeness (QED) is 0.191. The number of hydrogen-bond donors (Lipinski definition) is 1. The van der Waals surface area contributed by atoms with E-state index in [1.165, 1.54) is 54.1 Å². The van der Waals surface area contributed by atoms with Crippen LogP contribution in [0.4, 0.5) is 0 Å². The first-order chi connectivity index (χ1) is 27.2. The number of amidine groups is 2. The maximum Gasteiger partial charge on any atom is 0.159 e. The van der Waals surface area contributed by atoms with Gasteiger partial charge in [-0.25, -0.2) is 9.98 Å². The van der Waals surface area contributed by atoms with E-state index in [0.29, 0.717) is 0 Å². The molecule has 0 amide bonds. The van der Waals surface area contributed by atoms with Gasteiger partial charge in [-0.05, 0) is 91.5 Å². The van der Waals surface area contributed by atoms with Gasteiger partial charge < -0.3 is 9.88 Å². The summed E-state index contributed by atoms with van der Waals surface area (Å²) in [7, 11) is 0. The standard InChI is InChI=1S/C51H34N4/c1-2-11-36(12-3-1)49-52-50(54-51(53-49)43-23-20-33-10-4-5-13-38(33)28-43)37-21-18-34(19-22-37)35-24-26-44(27-25-35)55-47-31-41-16-8-6-14-39(41)29-45(47)46-30-40-15-7-9-17-42(40)32-48(46)55/h1-32,49H,(H,52,53,54). The largest absolute Gasteiger partial charge is 0.344 e. The van der Waals surface area contributed by atoms with Crippen molar-refractivity contribution >= 4 is 65.8 Å². The SMILES string of the molecule is c1ccc(C2N=C(c3ccc4ccccc4c3)N=C(c3ccc(-c4ccc(-n5c6cc7ccccc7cc6c6cc7ccccc7cc65)cc4)cc3)N2)cc1. The molecule has 2 heterocycles. The minimum absolute atomic E-state index is 0.251. The summed E-state index contributed by atoms with van der Waals surface area (Å²) in [6.45, 7) is 0. The Morgan fingerprint density at radius 1 is 0.400 bits per heavy atom. The predicted octanol–water partition coefficient (Wildman–Crippen LogP) is 12.4. The molecule has 9 aromatic carbocycles. The molecule has 0 saturated heterocycles. The number of aromatic nitrogens is 1. The highest BCUT2D eigenvalue weighted by molar-refractivity contribution is 6.17. The van der Waals surface area contributed by atoms with Gasteiger partial charge in [-0.1, -0.05) is 152 Å². The molecule has 10 aromatic rings. The van der Waals surface area contributed by atoms with Gasteiger partial charge in [0, 0.05) is 27.6 Å². The van der Waals surface area contributed by atoms with E-state index in [1.54, 1.807) is 0 Å². The van der Waals surface area contributed by atoms with Crippen molar-refractivity contribution in [2.24, 2.45) is 9.98 Å². The second-order valence-electron chi connectivity index (χ2n) is 14.3. The van der Waals surface area contributed by atoms with Crippen LogP contribution in [-0.2, 0) is 0 Å². The van der Waals surface area contributed by atoms with E-state index in [-0.39, 0.29) is 6.17 Å². The third-order valence-corrected chi connectivity index (χ3v) is 11.0. The molecule has 4 nitrogen and oxygen atoms in total. The smallest absolute Gasteiger partial charge is 0.159 e. The summed E-state index contributed by atoms with van der Waals surface area (Å²) >= 11 is 0. The van der Waals surface area contributed by atoms with Gasteiger partial charge in [0.25, 0.3) is 0 Å². The van der Waals surface area contributed by atoms with E-state index in [0.717, 1.165) is 45.2 Å². The molecule has 1 N–H and O–H groups in total. The van der Waals surface area contributed by atoms with Gasteiger partial charge in [0.1, 0.15) is 12.0 Å². The van der Waals surface area contributed by atoms with Crippen molar-refractivity contribution in [2.75, 3.05) is 0 Å². The zero-order chi connectivity index (χ0) is 36.3. The first-order valence-electron chi connectivity index (χ1n) is 18.8. The third-order valence-electron chi connectivity index (χ3n) is 11.0. The number of hydrogen-bond acceptors (Lipinski definition) is 3. The minimum atomic E-state index is -0.251. The lowest BCUT2D eigenvalue weighted by atomic mass is 10.0. The first kappa shape index (κ1) is 31.2. The van der Waals surface area contributed by atoms with Crippen molar-refractivity contribution in [3.8, 4) is 16.8 Å². The Bertz CT molecular complexity index is 3060. The average Bonchev–Trinajstić information content (AvgIpc) is 3.56. The second kappa shape index (κ2) is 12.7. The molecule has 55 heavy (non-hydrogen) atoms. The van der Waals surface area contributed by atoms with Gasteiger partial charge in [-0.15, -0.1) is 0 Å². The molecule has 4 heteroatoms. The highest BCUT2D eigenvalue weighted by Crippen LogP contribution is 2.37. The summed E-state index contributed by atoms with van der Waals surface area (Å²) in [4.78, 5) is 10.2. The fourth-order valence-electron chi connectivity index (χ4n) is 8.15. The van der Waals surface area contributed by atoms with E-state index in [2.05, 4.69) is 198 Å². The molecule has 1 unspecified atom stereocenters. The molecule has 0 bridgehead atoms. The van der Waals surface area contributed by atoms with Crippen LogP contribution in [0.1, 0.15) is 22.9 Å². The molecule has 1 aliphatic rings. The van der Waals surface area contributed by atoms with Crippen molar-refractivity contribution in [3.05, 3.63) is 211 Å². The summed E-state index contributed by atoms with van der Waals surface area (Å²) in [6.07, 6.45) is -0.251. The molecule has 1 aromatic heterocycles. The van der Waals surface area contributed by atoms with Crippen LogP contribution in [0.2, 0.25) is 0 Å². The topological polar surface area (TPSA) is 41.7 Å². The molecule has 1 atom stereocenters. The Morgan fingerprint density at radius 3 is 1.47 bits per heavy atom. The number of aliphatic imine (C=N–C) groups is 2. The van der Waals surface area contributed by atoms with Gasteiger partial charge in [0.05, 0.1) is 11.0 Å². The molecule has 0 aliphatic carbocycles. The van der Waals surface area contributed by atoms with Crippen LogP contribution in [0.3, 0.4) is 0 Å². The van der Waals surface area contributed by atoms with Gasteiger partial charge in [-0.3, -0.25) is 0 Å². The Morgan fingerprint density at radius 2 is 0.873 bits per heavy atom. The van der Waals surface area contributed by atoms with Gasteiger partial charge in [0.15, 0.2) is 5.84 Å². The van der Waals surface area contributed by atoms with Crippen molar-refractivity contribution in [1.82, 2.24) is 9.88 Å². The van der Waals surface area contributed by atoms with Crippen LogP contribution in [0, 0.1) is 0 Å². The first-order valence-corrected chi connectivity index (χ1v) is 18.8. The van der Waals surface area contributed by atoms with Crippen molar-refractivity contribution < 1.29 is 0 Å². The molecule has 1 aliphatic heterocycles. The summed E-state index contributed by atoms with van der Waals surface area (Å²) in [6, 6.07) is 69.5. The maximum atomic E-state index is 5.09. The Hall–Kier alpha value is -7.30. The fraction of sp³-hybridized carbons (Fsp3) is 0.0196. The lowest BCUT2D eigenvalue weighted by Crippen LogP contribution is -2.33. The minimum Gasteiger partial charge on any atom is -0.344 e. The van der Waals surface area contributed by atoms with E-state index in [9.17, 15) is 0 Å². The van der Waals surface area contributed by atoms with E-state index in [1.807, 2.05) is 6.07 Å². The van der Waals surface area contributed by atoms with Crippen LogP contribution in [0.5, 0.6) is 0 Å². The van der Waals surface area contributed by atoms with Crippen LogP contribution in [0.15, 0.2) is 204 Å². The highest BCUT2D eigenvalue weighted by atomic mass is 15.2. The third kappa shape index (κ3) is 5.46. The van der Waals surface area contributed by atoms with Crippen molar-refractivity contribution in [3.63, 3.8) is 0 Å². The van der Waals surface area contributed by atoms with Crippen molar-refractivity contribution in [2.45, 2.75) is 6.17 Å². The zero-order valence-electron chi connectivity index (χ0n) is 29.9. The van der Waals surface area contributed by atoms with Gasteiger partial charge in [0.2, 0.25) is 0 Å². The number of fused-ring (bicyclic) bond motifs is 6. The zero-order valence-corrected chi connectivity index (χ0v) is 29.9. The number of nitrogens with one attached hydrogen (secondary N) is 1. The normalized spacial score (nSPS) is 14.4. The summed E-state index contributed by atoms with van der Waals surface area (Å²) in [5, 5.41) is 13.5. The fourth-order valence-corrected chi connectivity index (χ4v) is 8.15. The van der Waals surface area contributed by atoms with Crippen LogP contribution >= 0.6 is 0 Å². The molecule has 11 rings (SSSR count). The monoisotopic (exact) mass is 702 g/mol. The molecule has 0 fully saturated rings. The Labute approximate surface area is 318 Å². The Balaban J connectivity index is 0.954. The summed E-state index contributed by atoms with van der Waals surface area (Å²) in [5.41, 5.74) is 8.97. The van der Waals surface area contributed by atoms with Crippen LogP contribution in [0.25, 0.3) is 70.9 Å². The molecule has 258 valence electrons. The van der Waals surface area contributed by atoms with E-state index in [4.69, 9.17) is 9.98 Å². The molecular formula is C51H34N4. The van der Waals surface area contributed by atoms with Gasteiger partial charge in [-0.2, -0.15) is 0 Å². The summed E-state index contributed by atoms with van der Waals surface area (Å²) in [5.74, 6) is 1.53. The number of benzene rings is 9. The maximum absolute atomic E-state index is 5.09. The molecule has 0 spiro atoms. The summed E-state index contributed by atoms with van der Waals surface area (Å²) < 4.78 is 2.42. The second-order valence-corrected chi connectivity index (χ2v) is 14.3. The van der Waals surface area contributed by atoms with Crippen LogP contribution in [-0.4, -0.2) is 16.2 Å². The Kier molecular flexibility index (Phi) is 7.20. The molecule has 0 saturated carbocycles. The molecule has 0 radical (unpaired) electrons. The lowest BCUT2D eigenvalue weighted by Gasteiger charge is -2.24. The van der Waals surface area contributed by atoms with E-state index >= 15 is 0 Å². The highest BCUT2D eigenvalue weighted by Gasteiger charge is 2.21. The average molecular weight is 703 g/mol. The van der Waals surface area contributed by atoms with Crippen LogP contribution < -0.4 is 5.32 Å². The lowest BCUT2D eigenvalue weighted by molar-refractivity contribution is 0.674. The molecular weight excluding hydrogens is 669 g/mol. The van der Waals surface area contributed by atoms with E-state index < -0.39 is 0 Å². The van der Waals surface area contributed by atoms with Gasteiger partial charge >= 0.3 is 0 Å².